The molecule has 2 aromatic rings. The van der Waals surface area contributed by atoms with Crippen LogP contribution in [0.4, 0.5) is 5.82 Å². The van der Waals surface area contributed by atoms with Crippen LogP contribution in [-0.2, 0) is 14.1 Å². The van der Waals surface area contributed by atoms with Crippen molar-refractivity contribution in [3.8, 4) is 0 Å². The van der Waals surface area contributed by atoms with Gasteiger partial charge in [0.25, 0.3) is 5.56 Å². The fourth-order valence-corrected chi connectivity index (χ4v) is 2.54. The lowest BCUT2D eigenvalue weighted by Gasteiger charge is -2.23. The van der Waals surface area contributed by atoms with Crippen molar-refractivity contribution in [2.24, 2.45) is 19.1 Å². The summed E-state index contributed by atoms with van der Waals surface area (Å²) in [5.74, 6) is 0.503. The van der Waals surface area contributed by atoms with Gasteiger partial charge in [0.1, 0.15) is 11.9 Å². The molecule has 108 valence electrons. The number of rotatable bonds is 1. The summed E-state index contributed by atoms with van der Waals surface area (Å²) in [5, 5.41) is 2.91. The van der Waals surface area contributed by atoms with E-state index in [0.29, 0.717) is 11.4 Å². The maximum atomic E-state index is 12.5. The Hall–Kier alpha value is -2.63. The van der Waals surface area contributed by atoms with E-state index in [0.717, 1.165) is 15.7 Å². The zero-order valence-corrected chi connectivity index (χ0v) is 12.1. The lowest BCUT2D eigenvalue weighted by Crippen LogP contribution is -2.42. The summed E-state index contributed by atoms with van der Waals surface area (Å²) < 4.78 is 2.55. The summed E-state index contributed by atoms with van der Waals surface area (Å²) in [5.41, 5.74) is 1.89. The summed E-state index contributed by atoms with van der Waals surface area (Å²) in [6, 6.07) is 7.48. The van der Waals surface area contributed by atoms with E-state index in [1.807, 2.05) is 31.2 Å². The van der Waals surface area contributed by atoms with Crippen molar-refractivity contribution in [3.63, 3.8) is 0 Å². The molecule has 6 nitrogen and oxygen atoms in total. The average Bonchev–Trinajstić information content (AvgIpc) is 2.51. The van der Waals surface area contributed by atoms with Gasteiger partial charge in [0.05, 0.1) is 11.9 Å². The third-order valence-corrected chi connectivity index (χ3v) is 3.79. The number of aromatic nitrogens is 2. The largest absolute Gasteiger partial charge is 0.332 e. The summed E-state index contributed by atoms with van der Waals surface area (Å²) in [4.78, 5) is 28.8. The second-order valence-electron chi connectivity index (χ2n) is 5.20. The quantitative estimate of drug-likeness (QED) is 0.847. The van der Waals surface area contributed by atoms with E-state index < -0.39 is 6.04 Å². The van der Waals surface area contributed by atoms with Crippen LogP contribution in [-0.4, -0.2) is 15.5 Å². The van der Waals surface area contributed by atoms with E-state index in [1.165, 1.54) is 18.0 Å². The van der Waals surface area contributed by atoms with E-state index in [-0.39, 0.29) is 11.2 Å². The maximum absolute atomic E-state index is 12.5. The average molecular weight is 284 g/mol. The molecule has 0 saturated carbocycles. The lowest BCUT2D eigenvalue weighted by atomic mass is 9.98. The van der Waals surface area contributed by atoms with Crippen LogP contribution in [0.1, 0.15) is 22.7 Å². The summed E-state index contributed by atoms with van der Waals surface area (Å²) in [6.07, 6.45) is 1.53. The van der Waals surface area contributed by atoms with Gasteiger partial charge in [0.2, 0.25) is 0 Å². The fourth-order valence-electron chi connectivity index (χ4n) is 2.54. The minimum Gasteiger partial charge on any atom is -0.332 e. The summed E-state index contributed by atoms with van der Waals surface area (Å²) >= 11 is 0. The normalized spacial score (nSPS) is 16.4. The van der Waals surface area contributed by atoms with Gasteiger partial charge in [-0.05, 0) is 12.5 Å². The zero-order valence-electron chi connectivity index (χ0n) is 12.1. The van der Waals surface area contributed by atoms with Crippen LogP contribution in [0.25, 0.3) is 0 Å². The highest BCUT2D eigenvalue weighted by Crippen LogP contribution is 2.30. The first kappa shape index (κ1) is 13.4. The highest BCUT2D eigenvalue weighted by molar-refractivity contribution is 5.79. The fraction of sp³-hybridized carbons (Fsp3) is 0.267. The monoisotopic (exact) mass is 284 g/mol. The van der Waals surface area contributed by atoms with E-state index in [9.17, 15) is 9.59 Å². The molecule has 0 saturated heterocycles. The van der Waals surface area contributed by atoms with Gasteiger partial charge in [-0.2, -0.15) is 0 Å². The predicted molar refractivity (Wildman–Crippen MR) is 82.1 cm³/mol. The number of nitrogens with zero attached hydrogens (tertiary/aromatic N) is 3. The van der Waals surface area contributed by atoms with Gasteiger partial charge in [-0.15, -0.1) is 0 Å². The Labute approximate surface area is 121 Å². The van der Waals surface area contributed by atoms with E-state index in [1.54, 1.807) is 7.05 Å². The molecule has 3 rings (SSSR count). The molecule has 1 aromatic heterocycles. The van der Waals surface area contributed by atoms with Crippen LogP contribution >= 0.6 is 0 Å². The Morgan fingerprint density at radius 2 is 1.76 bits per heavy atom. The van der Waals surface area contributed by atoms with Crippen LogP contribution in [0.15, 0.2) is 38.8 Å². The minimum absolute atomic E-state index is 0.317. The predicted octanol–water partition coefficient (Wildman–Crippen LogP) is 0.936. The SMILES string of the molecule is Cc1ccc(C2N=CNc3c2c(=O)n(C)c(=O)n3C)cc1. The molecule has 21 heavy (non-hydrogen) atoms. The first-order valence-corrected chi connectivity index (χ1v) is 6.65. The molecule has 0 radical (unpaired) electrons. The van der Waals surface area contributed by atoms with Crippen molar-refractivity contribution in [1.29, 1.82) is 0 Å². The van der Waals surface area contributed by atoms with Crippen molar-refractivity contribution in [1.82, 2.24) is 9.13 Å². The van der Waals surface area contributed by atoms with Gasteiger partial charge in [0, 0.05) is 14.1 Å². The van der Waals surface area contributed by atoms with Crippen LogP contribution in [0, 0.1) is 6.92 Å². The molecule has 1 atom stereocenters. The van der Waals surface area contributed by atoms with E-state index in [2.05, 4.69) is 10.3 Å². The van der Waals surface area contributed by atoms with Crippen molar-refractivity contribution >= 4 is 12.2 Å². The molecule has 2 heterocycles. The zero-order chi connectivity index (χ0) is 15.1. The molecule has 1 aliphatic rings. The van der Waals surface area contributed by atoms with Crippen molar-refractivity contribution in [3.05, 3.63) is 61.8 Å². The van der Waals surface area contributed by atoms with Gasteiger partial charge < -0.3 is 5.32 Å². The number of aliphatic imine (C=N–C) groups is 1. The number of hydrogen-bond acceptors (Lipinski definition) is 4. The molecule has 0 spiro atoms. The third-order valence-electron chi connectivity index (χ3n) is 3.79. The molecule has 0 aliphatic carbocycles. The Kier molecular flexibility index (Phi) is 3.01. The van der Waals surface area contributed by atoms with Crippen molar-refractivity contribution < 1.29 is 0 Å². The Bertz CT molecular complexity index is 844. The Morgan fingerprint density at radius 3 is 2.43 bits per heavy atom. The van der Waals surface area contributed by atoms with Crippen molar-refractivity contribution in [2.75, 3.05) is 5.32 Å². The topological polar surface area (TPSA) is 68.4 Å². The van der Waals surface area contributed by atoms with Gasteiger partial charge in [-0.25, -0.2) is 4.79 Å². The molecular formula is C15H16N4O2. The second-order valence-corrected chi connectivity index (χ2v) is 5.20. The number of fused-ring (bicyclic) bond motifs is 1. The molecule has 0 bridgehead atoms. The first-order chi connectivity index (χ1) is 10.0. The third kappa shape index (κ3) is 1.99. The van der Waals surface area contributed by atoms with E-state index in [4.69, 9.17) is 0 Å². The standard InChI is InChI=1S/C15H16N4O2/c1-9-4-6-10(7-5-9)12-11-13(17-8-16-12)18(2)15(21)19(3)14(11)20/h4-8,12H,1-3H3,(H,16,17). The maximum Gasteiger partial charge on any atom is 0.332 e. The minimum atomic E-state index is -0.396. The van der Waals surface area contributed by atoms with E-state index >= 15 is 0 Å². The molecule has 1 aromatic carbocycles. The Morgan fingerprint density at radius 1 is 1.10 bits per heavy atom. The number of nitrogens with one attached hydrogen (secondary N) is 1. The van der Waals surface area contributed by atoms with Gasteiger partial charge >= 0.3 is 5.69 Å². The van der Waals surface area contributed by atoms with Gasteiger partial charge in [-0.1, -0.05) is 29.8 Å². The van der Waals surface area contributed by atoms with Gasteiger partial charge in [-0.3, -0.25) is 18.9 Å². The smallest absolute Gasteiger partial charge is 0.332 e. The number of anilines is 1. The second kappa shape index (κ2) is 4.73. The molecular weight excluding hydrogens is 268 g/mol. The van der Waals surface area contributed by atoms with Crippen molar-refractivity contribution in [2.45, 2.75) is 13.0 Å². The number of benzene rings is 1. The summed E-state index contributed by atoms with van der Waals surface area (Å²) in [6.45, 7) is 2.01. The molecule has 0 fully saturated rings. The van der Waals surface area contributed by atoms with Gasteiger partial charge in [0.15, 0.2) is 0 Å². The van der Waals surface area contributed by atoms with Crippen LogP contribution in [0.3, 0.4) is 0 Å². The molecule has 6 heteroatoms. The molecule has 1 N–H and O–H groups in total. The highest BCUT2D eigenvalue weighted by Gasteiger charge is 2.26. The molecule has 1 unspecified atom stereocenters. The highest BCUT2D eigenvalue weighted by atomic mass is 16.2. The van der Waals surface area contributed by atoms with Crippen LogP contribution in [0.2, 0.25) is 0 Å². The molecule has 1 aliphatic heterocycles. The molecule has 0 amide bonds. The number of aryl methyl sites for hydroxylation is 1. The number of hydrogen-bond donors (Lipinski definition) is 1. The van der Waals surface area contributed by atoms with Crippen LogP contribution in [0.5, 0.6) is 0 Å². The van der Waals surface area contributed by atoms with Crippen LogP contribution < -0.4 is 16.6 Å². The lowest BCUT2D eigenvalue weighted by molar-refractivity contribution is 0.660. The Balaban J connectivity index is 2.28. The summed E-state index contributed by atoms with van der Waals surface area (Å²) in [7, 11) is 3.12. The first-order valence-electron chi connectivity index (χ1n) is 6.65.